The van der Waals surface area contributed by atoms with E-state index in [2.05, 4.69) is 48.4 Å². The van der Waals surface area contributed by atoms with E-state index < -0.39 is 0 Å². The molecule has 5 nitrogen and oxygen atoms in total. The Morgan fingerprint density at radius 1 is 0.929 bits per heavy atom. The summed E-state index contributed by atoms with van der Waals surface area (Å²) in [5.74, 6) is 0.598. The van der Waals surface area contributed by atoms with Crippen molar-refractivity contribution in [3.05, 3.63) is 101 Å². The summed E-state index contributed by atoms with van der Waals surface area (Å²) in [7, 11) is 2.01. The molecule has 1 aromatic carbocycles. The lowest BCUT2D eigenvalue weighted by Gasteiger charge is -2.11. The Morgan fingerprint density at radius 2 is 1.71 bits per heavy atom. The maximum Gasteiger partial charge on any atom is 0.252 e. The first-order valence-corrected chi connectivity index (χ1v) is 9.28. The van der Waals surface area contributed by atoms with E-state index in [1.54, 1.807) is 4.68 Å². The number of rotatable bonds is 2. The van der Waals surface area contributed by atoms with Gasteiger partial charge in [-0.2, -0.15) is 5.10 Å². The molecule has 0 radical (unpaired) electrons. The van der Waals surface area contributed by atoms with Crippen molar-refractivity contribution in [1.29, 1.82) is 0 Å². The molecule has 0 unspecified atom stereocenters. The van der Waals surface area contributed by atoms with Crippen LogP contribution in [0.5, 0.6) is 0 Å². The van der Waals surface area contributed by atoms with Crippen LogP contribution in [0.4, 0.5) is 0 Å². The minimum atomic E-state index is 0.598. The normalized spacial score (nSPS) is 17.4. The third kappa shape index (κ3) is 3.64. The Morgan fingerprint density at radius 3 is 2.39 bits per heavy atom. The maximum absolute atomic E-state index is 4.83. The number of aliphatic imine (C=N–C) groups is 2. The highest BCUT2D eigenvalue weighted by atomic mass is 15.4. The largest absolute Gasteiger partial charge is 0.357 e. The second kappa shape index (κ2) is 7.27. The summed E-state index contributed by atoms with van der Waals surface area (Å²) in [4.78, 5) is 11.6. The molecule has 2 aromatic rings. The van der Waals surface area contributed by atoms with Crippen LogP contribution in [0, 0.1) is 20.8 Å². The highest BCUT2D eigenvalue weighted by molar-refractivity contribution is 6.21. The SMILES string of the molecule is Cc1cccc(C2=NC(n3nc(C)cc3C)=N/C2=C/C=C2C=CN(C)C=C2)c1. The highest BCUT2D eigenvalue weighted by Gasteiger charge is 2.21. The van der Waals surface area contributed by atoms with Crippen LogP contribution in [0.2, 0.25) is 0 Å². The van der Waals surface area contributed by atoms with Crippen LogP contribution in [-0.4, -0.2) is 33.4 Å². The smallest absolute Gasteiger partial charge is 0.252 e. The zero-order chi connectivity index (χ0) is 19.7. The van der Waals surface area contributed by atoms with Crippen molar-refractivity contribution in [2.45, 2.75) is 20.8 Å². The molecule has 0 atom stereocenters. The van der Waals surface area contributed by atoms with E-state index >= 15 is 0 Å². The first kappa shape index (κ1) is 17.9. The molecule has 0 bridgehead atoms. The lowest BCUT2D eigenvalue weighted by atomic mass is 10.0. The zero-order valence-corrected chi connectivity index (χ0v) is 16.6. The van der Waals surface area contributed by atoms with Crippen LogP contribution in [-0.2, 0) is 0 Å². The van der Waals surface area contributed by atoms with Gasteiger partial charge in [-0.25, -0.2) is 14.7 Å². The van der Waals surface area contributed by atoms with E-state index in [0.29, 0.717) is 5.96 Å². The third-order valence-corrected chi connectivity index (χ3v) is 4.60. The van der Waals surface area contributed by atoms with E-state index in [9.17, 15) is 0 Å². The molecule has 0 saturated carbocycles. The van der Waals surface area contributed by atoms with Crippen molar-refractivity contribution < 1.29 is 0 Å². The lowest BCUT2D eigenvalue weighted by molar-refractivity contribution is 0.620. The topological polar surface area (TPSA) is 45.8 Å². The Kier molecular flexibility index (Phi) is 4.65. The van der Waals surface area contributed by atoms with Crippen molar-refractivity contribution in [2.24, 2.45) is 9.98 Å². The predicted molar refractivity (Wildman–Crippen MR) is 114 cm³/mol. The molecule has 4 rings (SSSR count). The second-order valence-electron chi connectivity index (χ2n) is 7.10. The molecule has 0 saturated heterocycles. The number of hydrogen-bond acceptors (Lipinski definition) is 4. The van der Waals surface area contributed by atoms with Gasteiger partial charge >= 0.3 is 0 Å². The Bertz CT molecular complexity index is 1090. The van der Waals surface area contributed by atoms with Crippen molar-refractivity contribution in [1.82, 2.24) is 14.7 Å². The standard InChI is InChI=1S/C23H23N5/c1-16-6-5-7-20(14-16)22-21(9-8-19-10-12-27(4)13-11-19)24-23(25-22)28-18(3)15-17(2)26-28/h5-15H,1-4H3/b21-9+. The molecule has 28 heavy (non-hydrogen) atoms. The molecule has 2 aliphatic heterocycles. The first-order valence-electron chi connectivity index (χ1n) is 9.28. The summed E-state index contributed by atoms with van der Waals surface area (Å²) in [6, 6.07) is 10.4. The van der Waals surface area contributed by atoms with Crippen LogP contribution in [0.25, 0.3) is 0 Å². The molecule has 0 amide bonds. The van der Waals surface area contributed by atoms with Crippen LogP contribution in [0.15, 0.2) is 88.3 Å². The Balaban J connectivity index is 1.77. The van der Waals surface area contributed by atoms with Gasteiger partial charge in [0.2, 0.25) is 0 Å². The molecule has 3 heterocycles. The number of allylic oxidation sites excluding steroid dienone is 6. The monoisotopic (exact) mass is 369 g/mol. The van der Waals surface area contributed by atoms with Gasteiger partial charge in [-0.1, -0.05) is 29.8 Å². The van der Waals surface area contributed by atoms with Crippen molar-refractivity contribution in [3.63, 3.8) is 0 Å². The lowest BCUT2D eigenvalue weighted by Crippen LogP contribution is -2.11. The Labute approximate surface area is 165 Å². The van der Waals surface area contributed by atoms with Gasteiger partial charge in [0.05, 0.1) is 11.4 Å². The number of nitrogens with zero attached hydrogens (tertiary/aromatic N) is 5. The fourth-order valence-electron chi connectivity index (χ4n) is 3.19. The number of hydrogen-bond donors (Lipinski definition) is 0. The summed E-state index contributed by atoms with van der Waals surface area (Å²) in [5.41, 5.74) is 7.03. The molecule has 2 aliphatic rings. The van der Waals surface area contributed by atoms with E-state index in [-0.39, 0.29) is 0 Å². The van der Waals surface area contributed by atoms with Crippen molar-refractivity contribution >= 4 is 11.7 Å². The van der Waals surface area contributed by atoms with Crippen LogP contribution in [0.1, 0.15) is 22.5 Å². The number of aryl methyl sites for hydroxylation is 3. The maximum atomic E-state index is 4.83. The minimum Gasteiger partial charge on any atom is -0.357 e. The number of aromatic nitrogens is 2. The van der Waals surface area contributed by atoms with Crippen LogP contribution < -0.4 is 0 Å². The molecular formula is C23H23N5. The average Bonchev–Trinajstić information content (AvgIpc) is 3.24. The van der Waals surface area contributed by atoms with Crippen molar-refractivity contribution in [2.75, 3.05) is 7.05 Å². The predicted octanol–water partition coefficient (Wildman–Crippen LogP) is 4.30. The highest BCUT2D eigenvalue weighted by Crippen LogP contribution is 2.21. The minimum absolute atomic E-state index is 0.598. The van der Waals surface area contributed by atoms with E-state index in [0.717, 1.165) is 33.9 Å². The van der Waals surface area contributed by atoms with E-state index in [1.165, 1.54) is 5.56 Å². The van der Waals surface area contributed by atoms with Gasteiger partial charge in [-0.3, -0.25) is 0 Å². The summed E-state index contributed by atoms with van der Waals surface area (Å²) in [5, 5.41) is 4.54. The fraction of sp³-hybridized carbons (Fsp3) is 0.174. The third-order valence-electron chi connectivity index (χ3n) is 4.60. The van der Waals surface area contributed by atoms with Gasteiger partial charge in [-0.15, -0.1) is 0 Å². The quantitative estimate of drug-likeness (QED) is 0.792. The molecule has 0 N–H and O–H groups in total. The van der Waals surface area contributed by atoms with Gasteiger partial charge in [0.25, 0.3) is 5.96 Å². The summed E-state index contributed by atoms with van der Waals surface area (Å²) in [6.45, 7) is 6.08. The Hall–Kier alpha value is -3.47. The number of benzene rings is 1. The molecule has 0 aliphatic carbocycles. The molecular weight excluding hydrogens is 346 g/mol. The van der Waals surface area contributed by atoms with Crippen LogP contribution in [0.3, 0.4) is 0 Å². The molecule has 0 fully saturated rings. The summed E-state index contributed by atoms with van der Waals surface area (Å²) < 4.78 is 1.80. The molecule has 1 aromatic heterocycles. The van der Waals surface area contributed by atoms with Gasteiger partial charge < -0.3 is 4.90 Å². The van der Waals surface area contributed by atoms with Gasteiger partial charge in [0.15, 0.2) is 0 Å². The zero-order valence-electron chi connectivity index (χ0n) is 16.6. The van der Waals surface area contributed by atoms with E-state index in [4.69, 9.17) is 9.98 Å². The van der Waals surface area contributed by atoms with Gasteiger partial charge in [0, 0.05) is 30.7 Å². The van der Waals surface area contributed by atoms with E-state index in [1.807, 2.05) is 56.4 Å². The second-order valence-corrected chi connectivity index (χ2v) is 7.10. The van der Waals surface area contributed by atoms with Gasteiger partial charge in [0.1, 0.15) is 5.71 Å². The molecule has 5 heteroatoms. The summed E-state index contributed by atoms with van der Waals surface area (Å²) in [6.07, 6.45) is 12.3. The average molecular weight is 369 g/mol. The van der Waals surface area contributed by atoms with Gasteiger partial charge in [-0.05, 0) is 56.7 Å². The summed E-state index contributed by atoms with van der Waals surface area (Å²) >= 11 is 0. The molecule has 0 spiro atoms. The fourth-order valence-corrected chi connectivity index (χ4v) is 3.19. The first-order chi connectivity index (χ1) is 13.5. The van der Waals surface area contributed by atoms with Crippen molar-refractivity contribution in [3.8, 4) is 0 Å². The van der Waals surface area contributed by atoms with Crippen LogP contribution >= 0.6 is 0 Å². The molecule has 140 valence electrons.